The molecule has 96 valence electrons. The fourth-order valence-electron chi connectivity index (χ4n) is 2.13. The fraction of sp³-hybridized carbons (Fsp3) is 0.133. The lowest BCUT2D eigenvalue weighted by Gasteiger charge is -2.02. The van der Waals surface area contributed by atoms with E-state index in [0.29, 0.717) is 23.3 Å². The van der Waals surface area contributed by atoms with E-state index in [1.165, 1.54) is 5.56 Å². The number of aromatic nitrogens is 2. The summed E-state index contributed by atoms with van der Waals surface area (Å²) in [5, 5.41) is 0. The number of fused-ring (bicyclic) bond motifs is 1. The summed E-state index contributed by atoms with van der Waals surface area (Å²) in [5.74, 6) is -1.03. The molecule has 0 amide bonds. The van der Waals surface area contributed by atoms with Gasteiger partial charge in [0.05, 0.1) is 11.0 Å². The molecule has 1 heterocycles. The molecule has 0 bridgehead atoms. The minimum Gasteiger partial charge on any atom is -0.342 e. The molecule has 0 aliphatic rings. The largest absolute Gasteiger partial charge is 0.342 e. The number of nitrogens with zero attached hydrogens (tertiary/aromatic N) is 1. The van der Waals surface area contributed by atoms with Gasteiger partial charge in [0.25, 0.3) is 0 Å². The molecule has 1 aromatic heterocycles. The fourth-order valence-corrected chi connectivity index (χ4v) is 2.13. The molecule has 19 heavy (non-hydrogen) atoms. The number of aromatic amines is 1. The lowest BCUT2D eigenvalue weighted by atomic mass is 10.1. The molecule has 0 aliphatic heterocycles. The van der Waals surface area contributed by atoms with Crippen molar-refractivity contribution < 1.29 is 8.78 Å². The molecule has 0 saturated carbocycles. The summed E-state index contributed by atoms with van der Waals surface area (Å²) in [4.78, 5) is 7.31. The van der Waals surface area contributed by atoms with Crippen molar-refractivity contribution >= 4 is 11.0 Å². The van der Waals surface area contributed by atoms with Gasteiger partial charge in [0, 0.05) is 18.6 Å². The van der Waals surface area contributed by atoms with Crippen molar-refractivity contribution in [1.29, 1.82) is 0 Å². The van der Waals surface area contributed by atoms with Crippen LogP contribution in [0.25, 0.3) is 11.0 Å². The van der Waals surface area contributed by atoms with Gasteiger partial charge in [0.1, 0.15) is 5.82 Å². The molecule has 0 radical (unpaired) electrons. The summed E-state index contributed by atoms with van der Waals surface area (Å²) >= 11 is 0. The van der Waals surface area contributed by atoms with Crippen LogP contribution in [0.15, 0.2) is 36.4 Å². The van der Waals surface area contributed by atoms with E-state index in [9.17, 15) is 8.78 Å². The highest BCUT2D eigenvalue weighted by molar-refractivity contribution is 5.75. The third-order valence-electron chi connectivity index (χ3n) is 3.19. The Hall–Kier alpha value is -2.23. The molecule has 0 saturated heterocycles. The molecule has 3 aromatic rings. The van der Waals surface area contributed by atoms with Crippen molar-refractivity contribution in [1.82, 2.24) is 9.97 Å². The Balaban J connectivity index is 2.00. The van der Waals surface area contributed by atoms with Crippen molar-refractivity contribution in [2.75, 3.05) is 0 Å². The summed E-state index contributed by atoms with van der Waals surface area (Å²) < 4.78 is 26.2. The van der Waals surface area contributed by atoms with Gasteiger partial charge in [-0.25, -0.2) is 13.8 Å². The van der Waals surface area contributed by atoms with E-state index in [2.05, 4.69) is 9.97 Å². The zero-order chi connectivity index (χ0) is 13.4. The van der Waals surface area contributed by atoms with Crippen LogP contribution in [0.1, 0.15) is 17.0 Å². The van der Waals surface area contributed by atoms with Gasteiger partial charge in [0.15, 0.2) is 11.6 Å². The van der Waals surface area contributed by atoms with Crippen LogP contribution in [0.3, 0.4) is 0 Å². The minimum atomic E-state index is -0.874. The third kappa shape index (κ3) is 2.21. The zero-order valence-corrected chi connectivity index (χ0v) is 10.4. The predicted molar refractivity (Wildman–Crippen MR) is 70.0 cm³/mol. The van der Waals surface area contributed by atoms with E-state index < -0.39 is 11.6 Å². The second-order valence-corrected chi connectivity index (χ2v) is 4.57. The van der Waals surface area contributed by atoms with Crippen LogP contribution < -0.4 is 0 Å². The van der Waals surface area contributed by atoms with Gasteiger partial charge < -0.3 is 4.98 Å². The first-order valence-corrected chi connectivity index (χ1v) is 6.01. The number of aryl methyl sites for hydroxylation is 1. The quantitative estimate of drug-likeness (QED) is 0.745. The Morgan fingerprint density at radius 3 is 2.63 bits per heavy atom. The summed E-state index contributed by atoms with van der Waals surface area (Å²) in [6, 6.07) is 10.2. The van der Waals surface area contributed by atoms with Crippen molar-refractivity contribution in [2.24, 2.45) is 0 Å². The van der Waals surface area contributed by atoms with Gasteiger partial charge in [-0.15, -0.1) is 0 Å². The van der Waals surface area contributed by atoms with Crippen LogP contribution in [-0.2, 0) is 6.42 Å². The van der Waals surface area contributed by atoms with Crippen LogP contribution in [0.4, 0.5) is 8.78 Å². The second-order valence-electron chi connectivity index (χ2n) is 4.57. The van der Waals surface area contributed by atoms with E-state index >= 15 is 0 Å². The Bertz CT molecular complexity index is 708. The van der Waals surface area contributed by atoms with E-state index in [-0.39, 0.29) is 0 Å². The topological polar surface area (TPSA) is 28.7 Å². The number of rotatable bonds is 2. The molecule has 0 unspecified atom stereocenters. The first-order chi connectivity index (χ1) is 9.13. The number of imidazole rings is 1. The SMILES string of the molecule is Cc1ccccc1Cc1nc2cc(F)c(F)cc2[nH]1. The van der Waals surface area contributed by atoms with E-state index in [1.807, 2.05) is 31.2 Å². The van der Waals surface area contributed by atoms with Crippen molar-refractivity contribution in [2.45, 2.75) is 13.3 Å². The van der Waals surface area contributed by atoms with Gasteiger partial charge in [-0.05, 0) is 18.1 Å². The highest BCUT2D eigenvalue weighted by Crippen LogP contribution is 2.18. The van der Waals surface area contributed by atoms with Crippen LogP contribution in [0.2, 0.25) is 0 Å². The van der Waals surface area contributed by atoms with Crippen LogP contribution in [0, 0.1) is 18.6 Å². The molecule has 0 aliphatic carbocycles. The average Bonchev–Trinajstić information content (AvgIpc) is 2.74. The zero-order valence-electron chi connectivity index (χ0n) is 10.4. The van der Waals surface area contributed by atoms with Gasteiger partial charge in [0.2, 0.25) is 0 Å². The van der Waals surface area contributed by atoms with Crippen LogP contribution in [0.5, 0.6) is 0 Å². The molecule has 4 heteroatoms. The Morgan fingerprint density at radius 2 is 1.84 bits per heavy atom. The van der Waals surface area contributed by atoms with E-state index in [1.54, 1.807) is 0 Å². The summed E-state index contributed by atoms with van der Waals surface area (Å²) in [5.41, 5.74) is 3.27. The monoisotopic (exact) mass is 258 g/mol. The molecule has 0 spiro atoms. The lowest BCUT2D eigenvalue weighted by molar-refractivity contribution is 0.510. The highest BCUT2D eigenvalue weighted by atomic mass is 19.2. The van der Waals surface area contributed by atoms with Gasteiger partial charge >= 0.3 is 0 Å². The molecule has 3 rings (SSSR count). The van der Waals surface area contributed by atoms with E-state index in [0.717, 1.165) is 17.7 Å². The van der Waals surface area contributed by atoms with E-state index in [4.69, 9.17) is 0 Å². The Morgan fingerprint density at radius 1 is 1.11 bits per heavy atom. The predicted octanol–water partition coefficient (Wildman–Crippen LogP) is 3.74. The molecular weight excluding hydrogens is 246 g/mol. The number of H-pyrrole nitrogens is 1. The molecule has 1 N–H and O–H groups in total. The van der Waals surface area contributed by atoms with Crippen LogP contribution in [-0.4, -0.2) is 9.97 Å². The smallest absolute Gasteiger partial charge is 0.161 e. The average molecular weight is 258 g/mol. The minimum absolute atomic E-state index is 0.447. The summed E-state index contributed by atoms with van der Waals surface area (Å²) in [7, 11) is 0. The Labute approximate surface area is 109 Å². The lowest BCUT2D eigenvalue weighted by Crippen LogP contribution is -1.93. The van der Waals surface area contributed by atoms with Gasteiger partial charge in [-0.2, -0.15) is 0 Å². The number of nitrogens with one attached hydrogen (secondary N) is 1. The number of hydrogen-bond donors (Lipinski definition) is 1. The first kappa shape index (κ1) is 11.8. The van der Waals surface area contributed by atoms with Gasteiger partial charge in [-0.3, -0.25) is 0 Å². The molecule has 0 fully saturated rings. The Kier molecular flexibility index (Phi) is 2.78. The molecule has 2 nitrogen and oxygen atoms in total. The molecule has 0 atom stereocenters. The standard InChI is InChI=1S/C15H12F2N2/c1-9-4-2-3-5-10(9)6-15-18-13-7-11(16)12(17)8-14(13)19-15/h2-5,7-8H,6H2,1H3,(H,18,19). The van der Waals surface area contributed by atoms with Crippen molar-refractivity contribution in [3.05, 3.63) is 65.0 Å². The van der Waals surface area contributed by atoms with Crippen molar-refractivity contribution in [3.8, 4) is 0 Å². The van der Waals surface area contributed by atoms with Crippen molar-refractivity contribution in [3.63, 3.8) is 0 Å². The maximum atomic E-state index is 13.1. The number of halogens is 2. The first-order valence-electron chi connectivity index (χ1n) is 6.01. The second kappa shape index (κ2) is 4.46. The molecular formula is C15H12F2N2. The number of benzene rings is 2. The third-order valence-corrected chi connectivity index (χ3v) is 3.19. The van der Waals surface area contributed by atoms with Crippen LogP contribution >= 0.6 is 0 Å². The van der Waals surface area contributed by atoms with Gasteiger partial charge in [-0.1, -0.05) is 24.3 Å². The summed E-state index contributed by atoms with van der Waals surface area (Å²) in [6.45, 7) is 2.03. The normalized spacial score (nSPS) is 11.1. The number of hydrogen-bond acceptors (Lipinski definition) is 1. The maximum absolute atomic E-state index is 13.1. The highest BCUT2D eigenvalue weighted by Gasteiger charge is 2.09. The molecule has 2 aromatic carbocycles. The summed E-state index contributed by atoms with van der Waals surface area (Å²) in [6.07, 6.45) is 0.616. The maximum Gasteiger partial charge on any atom is 0.161 e.